The van der Waals surface area contributed by atoms with Crippen molar-refractivity contribution in [2.75, 3.05) is 0 Å². The van der Waals surface area contributed by atoms with Crippen LogP contribution in [0, 0.1) is 0 Å². The predicted molar refractivity (Wildman–Crippen MR) is 87.8 cm³/mol. The summed E-state index contributed by atoms with van der Waals surface area (Å²) in [6, 6.07) is 15.2. The summed E-state index contributed by atoms with van der Waals surface area (Å²) in [7, 11) is 0. The third-order valence-electron chi connectivity index (χ3n) is 4.18. The lowest BCUT2D eigenvalue weighted by molar-refractivity contribution is -0.131. The monoisotopic (exact) mass is 323 g/mol. The molecule has 0 saturated carbocycles. The highest BCUT2D eigenvalue weighted by molar-refractivity contribution is 6.07. The highest BCUT2D eigenvalue weighted by Crippen LogP contribution is 2.29. The second-order valence-corrected chi connectivity index (χ2v) is 5.88. The van der Waals surface area contributed by atoms with Gasteiger partial charge in [0.2, 0.25) is 5.91 Å². The van der Waals surface area contributed by atoms with Crippen LogP contribution >= 0.6 is 0 Å². The summed E-state index contributed by atoms with van der Waals surface area (Å²) in [6.45, 7) is 1.76. The van der Waals surface area contributed by atoms with Crippen LogP contribution in [-0.4, -0.2) is 22.7 Å². The second kappa shape index (κ2) is 5.81. The van der Waals surface area contributed by atoms with Gasteiger partial charge in [0, 0.05) is 5.56 Å². The van der Waals surface area contributed by atoms with Crippen LogP contribution in [0.3, 0.4) is 0 Å². The molecule has 0 aromatic heterocycles. The van der Waals surface area contributed by atoms with Crippen molar-refractivity contribution in [1.29, 1.82) is 0 Å². The van der Waals surface area contributed by atoms with Gasteiger partial charge >= 0.3 is 6.03 Å². The first-order valence-corrected chi connectivity index (χ1v) is 7.50. The number of primary amides is 1. The van der Waals surface area contributed by atoms with Crippen LogP contribution < -0.4 is 11.1 Å². The molecule has 3 N–H and O–H groups in total. The van der Waals surface area contributed by atoms with Gasteiger partial charge < -0.3 is 11.1 Å². The van der Waals surface area contributed by atoms with Crippen LogP contribution in [0.15, 0.2) is 54.6 Å². The number of carbonyl (C=O) groups is 3. The summed E-state index contributed by atoms with van der Waals surface area (Å²) in [5, 5.41) is 2.75. The number of nitrogens with zero attached hydrogens (tertiary/aromatic N) is 1. The molecule has 1 aliphatic heterocycles. The maximum absolute atomic E-state index is 12.8. The zero-order valence-electron chi connectivity index (χ0n) is 13.2. The molecule has 6 nitrogen and oxygen atoms in total. The van der Waals surface area contributed by atoms with Crippen LogP contribution in [0.5, 0.6) is 0 Å². The summed E-state index contributed by atoms with van der Waals surface area (Å²) < 4.78 is 0. The number of rotatable bonds is 4. The standard InChI is InChI=1S/C18H17N3O3/c1-18(14-8-3-2-4-9-14)16(23)21(17(24)20-18)11-12-6-5-7-13(10-12)15(19)22/h2-10H,11H2,1H3,(H2,19,22)(H,20,24). The molecule has 1 atom stereocenters. The fourth-order valence-corrected chi connectivity index (χ4v) is 2.81. The molecular weight excluding hydrogens is 306 g/mol. The van der Waals surface area contributed by atoms with Gasteiger partial charge in [-0.2, -0.15) is 0 Å². The molecule has 3 rings (SSSR count). The average Bonchev–Trinajstić information content (AvgIpc) is 2.80. The van der Waals surface area contributed by atoms with Gasteiger partial charge in [0.25, 0.3) is 5.91 Å². The lowest BCUT2D eigenvalue weighted by atomic mass is 9.92. The van der Waals surface area contributed by atoms with Gasteiger partial charge in [-0.3, -0.25) is 14.5 Å². The fraction of sp³-hybridized carbons (Fsp3) is 0.167. The molecule has 24 heavy (non-hydrogen) atoms. The van der Waals surface area contributed by atoms with Gasteiger partial charge in [0.15, 0.2) is 0 Å². The smallest absolute Gasteiger partial charge is 0.325 e. The zero-order valence-corrected chi connectivity index (χ0v) is 13.2. The van der Waals surface area contributed by atoms with Crippen molar-refractivity contribution in [2.24, 2.45) is 5.73 Å². The largest absolute Gasteiger partial charge is 0.366 e. The van der Waals surface area contributed by atoms with Crippen molar-refractivity contribution in [3.63, 3.8) is 0 Å². The number of imide groups is 1. The van der Waals surface area contributed by atoms with Gasteiger partial charge in [-0.15, -0.1) is 0 Å². The lowest BCUT2D eigenvalue weighted by Crippen LogP contribution is -2.40. The maximum atomic E-state index is 12.8. The molecule has 1 saturated heterocycles. The lowest BCUT2D eigenvalue weighted by Gasteiger charge is -2.22. The molecule has 0 spiro atoms. The van der Waals surface area contributed by atoms with Gasteiger partial charge in [-0.05, 0) is 30.2 Å². The average molecular weight is 323 g/mol. The molecule has 0 bridgehead atoms. The molecule has 6 heteroatoms. The Hall–Kier alpha value is -3.15. The summed E-state index contributed by atoms with van der Waals surface area (Å²) in [5.41, 5.74) is 5.89. The molecule has 1 unspecified atom stereocenters. The van der Waals surface area contributed by atoms with Crippen LogP contribution in [-0.2, 0) is 16.9 Å². The van der Waals surface area contributed by atoms with Crippen molar-refractivity contribution in [3.8, 4) is 0 Å². The summed E-state index contributed by atoms with van der Waals surface area (Å²) in [6.07, 6.45) is 0. The molecule has 4 amide bonds. The van der Waals surface area contributed by atoms with Gasteiger partial charge in [-0.1, -0.05) is 42.5 Å². The first kappa shape index (κ1) is 15.7. The number of nitrogens with two attached hydrogens (primary N) is 1. The quantitative estimate of drug-likeness (QED) is 0.840. The maximum Gasteiger partial charge on any atom is 0.325 e. The molecule has 1 heterocycles. The first-order valence-electron chi connectivity index (χ1n) is 7.50. The Balaban J connectivity index is 1.88. The van der Waals surface area contributed by atoms with E-state index in [0.717, 1.165) is 10.5 Å². The number of benzene rings is 2. The molecule has 2 aromatic carbocycles. The normalized spacial score (nSPS) is 20.1. The van der Waals surface area contributed by atoms with Gasteiger partial charge in [0.1, 0.15) is 5.54 Å². The fourth-order valence-electron chi connectivity index (χ4n) is 2.81. The minimum absolute atomic E-state index is 0.0776. The third kappa shape index (κ3) is 2.62. The number of hydrogen-bond acceptors (Lipinski definition) is 3. The van der Waals surface area contributed by atoms with Gasteiger partial charge in [-0.25, -0.2) is 4.79 Å². The van der Waals surface area contributed by atoms with Gasteiger partial charge in [0.05, 0.1) is 6.54 Å². The van der Waals surface area contributed by atoms with Crippen molar-refractivity contribution in [2.45, 2.75) is 19.0 Å². The van der Waals surface area contributed by atoms with Crippen LogP contribution in [0.25, 0.3) is 0 Å². The second-order valence-electron chi connectivity index (χ2n) is 5.88. The van der Waals surface area contributed by atoms with E-state index in [4.69, 9.17) is 5.73 Å². The van der Waals surface area contributed by atoms with E-state index in [-0.39, 0.29) is 12.5 Å². The Kier molecular flexibility index (Phi) is 3.81. The van der Waals surface area contributed by atoms with E-state index in [0.29, 0.717) is 11.1 Å². The van der Waals surface area contributed by atoms with Crippen molar-refractivity contribution in [1.82, 2.24) is 10.2 Å². The van der Waals surface area contributed by atoms with Crippen LogP contribution in [0.4, 0.5) is 4.79 Å². The van der Waals surface area contributed by atoms with E-state index < -0.39 is 17.5 Å². The van der Waals surface area contributed by atoms with Crippen LogP contribution in [0.2, 0.25) is 0 Å². The Morgan fingerprint density at radius 1 is 1.12 bits per heavy atom. The Bertz CT molecular complexity index is 819. The highest BCUT2D eigenvalue weighted by Gasteiger charge is 2.48. The molecule has 0 aliphatic carbocycles. The molecule has 1 fully saturated rings. The van der Waals surface area contributed by atoms with Crippen molar-refractivity contribution < 1.29 is 14.4 Å². The first-order chi connectivity index (χ1) is 11.4. The zero-order chi connectivity index (χ0) is 17.3. The van der Waals surface area contributed by atoms with E-state index >= 15 is 0 Å². The minimum Gasteiger partial charge on any atom is -0.366 e. The third-order valence-corrected chi connectivity index (χ3v) is 4.18. The highest BCUT2D eigenvalue weighted by atomic mass is 16.2. The molecule has 0 radical (unpaired) electrons. The van der Waals surface area contributed by atoms with E-state index in [2.05, 4.69) is 5.32 Å². The van der Waals surface area contributed by atoms with E-state index in [1.807, 2.05) is 18.2 Å². The molecular formula is C18H17N3O3. The Morgan fingerprint density at radius 3 is 2.50 bits per heavy atom. The Morgan fingerprint density at radius 2 is 1.83 bits per heavy atom. The van der Waals surface area contributed by atoms with Crippen LogP contribution in [0.1, 0.15) is 28.4 Å². The molecule has 122 valence electrons. The topological polar surface area (TPSA) is 92.5 Å². The number of amides is 4. The summed E-state index contributed by atoms with van der Waals surface area (Å²) in [5.74, 6) is -0.883. The summed E-state index contributed by atoms with van der Waals surface area (Å²) in [4.78, 5) is 37.5. The number of urea groups is 1. The number of carbonyl (C=O) groups excluding carboxylic acids is 3. The molecule has 2 aromatic rings. The molecule has 1 aliphatic rings. The van der Waals surface area contributed by atoms with E-state index in [1.165, 1.54) is 0 Å². The summed E-state index contributed by atoms with van der Waals surface area (Å²) >= 11 is 0. The van der Waals surface area contributed by atoms with Crippen molar-refractivity contribution in [3.05, 3.63) is 71.3 Å². The Labute approximate surface area is 139 Å². The predicted octanol–water partition coefficient (Wildman–Crippen LogP) is 1.75. The SMILES string of the molecule is CC1(c2ccccc2)NC(=O)N(Cc2cccc(C(N)=O)c2)C1=O. The number of hydrogen-bond donors (Lipinski definition) is 2. The minimum atomic E-state index is -1.10. The van der Waals surface area contributed by atoms with E-state index in [1.54, 1.807) is 43.3 Å². The number of nitrogens with one attached hydrogen (secondary N) is 1. The van der Waals surface area contributed by atoms with Crippen molar-refractivity contribution >= 4 is 17.8 Å². The van der Waals surface area contributed by atoms with E-state index in [9.17, 15) is 14.4 Å².